The zero-order valence-corrected chi connectivity index (χ0v) is 26.7. The van der Waals surface area contributed by atoms with E-state index >= 15 is 0 Å². The first-order chi connectivity index (χ1) is 19.8. The molecule has 0 saturated carbocycles. The monoisotopic (exact) mass is 635 g/mol. The highest BCUT2D eigenvalue weighted by atomic mass is 35.5. The van der Waals surface area contributed by atoms with Gasteiger partial charge in [-0.1, -0.05) is 47.0 Å². The summed E-state index contributed by atoms with van der Waals surface area (Å²) in [5, 5.41) is 3.54. The van der Waals surface area contributed by atoms with Gasteiger partial charge in [0, 0.05) is 28.7 Å². The molecular weight excluding hydrogens is 601 g/mol. The minimum absolute atomic E-state index is 0.0559. The Labute approximate surface area is 257 Å². The lowest BCUT2D eigenvalue weighted by Gasteiger charge is -2.32. The van der Waals surface area contributed by atoms with Crippen molar-refractivity contribution in [3.05, 3.63) is 81.8 Å². The number of carbonyl (C=O) groups excluding carboxylic acids is 2. The minimum atomic E-state index is -4.30. The van der Waals surface area contributed by atoms with Crippen LogP contribution in [0, 0.1) is 6.92 Å². The van der Waals surface area contributed by atoms with Gasteiger partial charge in [0.1, 0.15) is 12.6 Å². The van der Waals surface area contributed by atoms with E-state index in [1.807, 2.05) is 20.8 Å². The molecule has 1 N–H and O–H groups in total. The van der Waals surface area contributed by atoms with E-state index in [0.717, 1.165) is 9.87 Å². The number of hydrogen-bond donors (Lipinski definition) is 1. The SMILES string of the molecule is COc1ccc(S(=O)(=O)N(CC(=O)N(Cc2ccc(Cl)cc2Cl)C(C)C(=O)NC(C)C)c2ccc(C)cc2)cc1OC. The molecule has 3 aromatic rings. The number of amides is 2. The Morgan fingerprint density at radius 1 is 0.905 bits per heavy atom. The molecule has 1 unspecified atom stereocenters. The second-order valence-corrected chi connectivity index (χ2v) is 12.7. The molecule has 9 nitrogen and oxygen atoms in total. The van der Waals surface area contributed by atoms with Crippen LogP contribution in [0.25, 0.3) is 0 Å². The van der Waals surface area contributed by atoms with Crippen molar-refractivity contribution in [1.82, 2.24) is 10.2 Å². The van der Waals surface area contributed by atoms with E-state index in [-0.39, 0.29) is 28.9 Å². The Hall–Kier alpha value is -3.47. The molecule has 226 valence electrons. The lowest BCUT2D eigenvalue weighted by Crippen LogP contribution is -2.52. The van der Waals surface area contributed by atoms with E-state index in [0.29, 0.717) is 21.4 Å². The Kier molecular flexibility index (Phi) is 11.1. The summed E-state index contributed by atoms with van der Waals surface area (Å²) in [4.78, 5) is 28.3. The Bertz CT molecular complexity index is 1530. The first-order valence-corrected chi connectivity index (χ1v) is 15.3. The molecular formula is C30H35Cl2N3O6S. The molecule has 2 amide bonds. The van der Waals surface area contributed by atoms with E-state index in [4.69, 9.17) is 32.7 Å². The number of sulfonamides is 1. The molecule has 0 saturated heterocycles. The first kappa shape index (κ1) is 33.0. The summed E-state index contributed by atoms with van der Waals surface area (Å²) in [6.07, 6.45) is 0. The van der Waals surface area contributed by atoms with Crippen molar-refractivity contribution in [3.8, 4) is 11.5 Å². The topological polar surface area (TPSA) is 105 Å². The van der Waals surface area contributed by atoms with Crippen LogP contribution in [0.4, 0.5) is 5.69 Å². The van der Waals surface area contributed by atoms with Crippen molar-refractivity contribution in [2.75, 3.05) is 25.1 Å². The fourth-order valence-corrected chi connectivity index (χ4v) is 6.06. The van der Waals surface area contributed by atoms with Crippen molar-refractivity contribution in [2.24, 2.45) is 0 Å². The summed E-state index contributed by atoms with van der Waals surface area (Å²) in [5.74, 6) is -0.442. The molecule has 0 aromatic heterocycles. The number of nitrogens with one attached hydrogen (secondary N) is 1. The van der Waals surface area contributed by atoms with Gasteiger partial charge in [-0.05, 0) is 69.7 Å². The van der Waals surface area contributed by atoms with E-state index in [2.05, 4.69) is 5.32 Å². The summed E-state index contributed by atoms with van der Waals surface area (Å²) in [6, 6.07) is 14.7. The first-order valence-electron chi connectivity index (χ1n) is 13.1. The van der Waals surface area contributed by atoms with Gasteiger partial charge in [0.25, 0.3) is 10.0 Å². The second kappa shape index (κ2) is 14.1. The summed E-state index contributed by atoms with van der Waals surface area (Å²) < 4.78 is 39.8. The van der Waals surface area contributed by atoms with Gasteiger partial charge in [-0.2, -0.15) is 0 Å². The lowest BCUT2D eigenvalue weighted by molar-refractivity contribution is -0.139. The normalized spacial score (nSPS) is 12.0. The molecule has 3 aromatic carbocycles. The fourth-order valence-electron chi connectivity index (χ4n) is 4.17. The van der Waals surface area contributed by atoms with Gasteiger partial charge in [0.05, 0.1) is 24.8 Å². The van der Waals surface area contributed by atoms with E-state index in [1.165, 1.54) is 37.3 Å². The summed E-state index contributed by atoms with van der Waals surface area (Å²) >= 11 is 12.5. The standard InChI is InChI=1S/C30H35Cl2N3O6S/c1-19(2)33-30(37)21(4)34(17-22-9-10-23(31)15-26(22)32)29(36)18-35(24-11-7-20(3)8-12-24)42(38,39)25-13-14-27(40-5)28(16-25)41-6/h7-16,19,21H,17-18H2,1-6H3,(H,33,37). The highest BCUT2D eigenvalue weighted by Gasteiger charge is 2.33. The van der Waals surface area contributed by atoms with E-state index in [1.54, 1.807) is 49.4 Å². The maximum atomic E-state index is 14.1. The van der Waals surface area contributed by atoms with Crippen molar-refractivity contribution < 1.29 is 27.5 Å². The molecule has 0 aliphatic rings. The van der Waals surface area contributed by atoms with Crippen molar-refractivity contribution >= 4 is 50.7 Å². The molecule has 42 heavy (non-hydrogen) atoms. The molecule has 12 heteroatoms. The fraction of sp³-hybridized carbons (Fsp3) is 0.333. The van der Waals surface area contributed by atoms with Gasteiger partial charge in [-0.3, -0.25) is 13.9 Å². The summed E-state index contributed by atoms with van der Waals surface area (Å²) in [5.41, 5.74) is 1.72. The average molecular weight is 637 g/mol. The van der Waals surface area contributed by atoms with Gasteiger partial charge in [-0.25, -0.2) is 8.42 Å². The summed E-state index contributed by atoms with van der Waals surface area (Å²) in [6.45, 7) is 6.42. The second-order valence-electron chi connectivity index (χ2n) is 9.96. The molecule has 1 atom stereocenters. The average Bonchev–Trinajstić information content (AvgIpc) is 2.94. The highest BCUT2D eigenvalue weighted by Crippen LogP contribution is 2.32. The zero-order chi connectivity index (χ0) is 31.2. The molecule has 0 radical (unpaired) electrons. The molecule has 0 bridgehead atoms. The Morgan fingerprint density at radius 3 is 2.12 bits per heavy atom. The zero-order valence-electron chi connectivity index (χ0n) is 24.4. The van der Waals surface area contributed by atoms with Crippen LogP contribution in [0.1, 0.15) is 31.9 Å². The van der Waals surface area contributed by atoms with Crippen LogP contribution < -0.4 is 19.1 Å². The van der Waals surface area contributed by atoms with Gasteiger partial charge < -0.3 is 19.7 Å². The molecule has 3 rings (SSSR count). The lowest BCUT2D eigenvalue weighted by atomic mass is 10.1. The van der Waals surface area contributed by atoms with E-state index in [9.17, 15) is 18.0 Å². The number of benzene rings is 3. The predicted molar refractivity (Wildman–Crippen MR) is 165 cm³/mol. The number of methoxy groups -OCH3 is 2. The number of halogens is 2. The Balaban J connectivity index is 2.09. The molecule has 0 heterocycles. The summed E-state index contributed by atoms with van der Waals surface area (Å²) in [7, 11) is -1.45. The minimum Gasteiger partial charge on any atom is -0.493 e. The van der Waals surface area contributed by atoms with Crippen LogP contribution in [-0.2, 0) is 26.2 Å². The van der Waals surface area contributed by atoms with Crippen LogP contribution in [-0.4, -0.2) is 58.0 Å². The largest absolute Gasteiger partial charge is 0.493 e. The van der Waals surface area contributed by atoms with Crippen molar-refractivity contribution in [2.45, 2.75) is 51.2 Å². The number of rotatable bonds is 12. The van der Waals surface area contributed by atoms with Crippen LogP contribution in [0.2, 0.25) is 10.0 Å². The number of ether oxygens (including phenoxy) is 2. The smallest absolute Gasteiger partial charge is 0.264 e. The molecule has 0 aliphatic heterocycles. The maximum Gasteiger partial charge on any atom is 0.264 e. The van der Waals surface area contributed by atoms with Gasteiger partial charge >= 0.3 is 0 Å². The number of hydrogen-bond acceptors (Lipinski definition) is 6. The third-order valence-corrected chi connectivity index (χ3v) is 8.85. The number of carbonyl (C=O) groups is 2. The number of anilines is 1. The van der Waals surface area contributed by atoms with Gasteiger partial charge in [0.2, 0.25) is 11.8 Å². The quantitative estimate of drug-likeness (QED) is 0.283. The number of aryl methyl sites for hydroxylation is 1. The van der Waals surface area contributed by atoms with E-state index < -0.39 is 34.4 Å². The van der Waals surface area contributed by atoms with Crippen LogP contribution in [0.15, 0.2) is 65.6 Å². The molecule has 0 aliphatic carbocycles. The maximum absolute atomic E-state index is 14.1. The Morgan fingerprint density at radius 2 is 1.55 bits per heavy atom. The molecule has 0 spiro atoms. The van der Waals surface area contributed by atoms with Crippen molar-refractivity contribution in [3.63, 3.8) is 0 Å². The van der Waals surface area contributed by atoms with Crippen LogP contribution in [0.5, 0.6) is 11.5 Å². The van der Waals surface area contributed by atoms with Gasteiger partial charge in [-0.15, -0.1) is 0 Å². The van der Waals surface area contributed by atoms with Crippen LogP contribution >= 0.6 is 23.2 Å². The number of nitrogens with zero attached hydrogens (tertiary/aromatic N) is 2. The predicted octanol–water partition coefficient (Wildman–Crippen LogP) is 5.46. The third-order valence-electron chi connectivity index (χ3n) is 6.50. The van der Waals surface area contributed by atoms with Gasteiger partial charge in [0.15, 0.2) is 11.5 Å². The van der Waals surface area contributed by atoms with Crippen LogP contribution in [0.3, 0.4) is 0 Å². The highest BCUT2D eigenvalue weighted by molar-refractivity contribution is 7.92. The third kappa shape index (κ3) is 7.87. The van der Waals surface area contributed by atoms with Crippen molar-refractivity contribution in [1.29, 1.82) is 0 Å². The molecule has 0 fully saturated rings.